The second-order valence-corrected chi connectivity index (χ2v) is 20.3. The van der Waals surface area contributed by atoms with Crippen LogP contribution in [0, 0.1) is 0 Å². The molecule has 0 bridgehead atoms. The van der Waals surface area contributed by atoms with Gasteiger partial charge >= 0.3 is 0 Å². The summed E-state index contributed by atoms with van der Waals surface area (Å²) >= 11 is 0. The number of fused-ring (bicyclic) bond motifs is 9. The molecule has 2 heteroatoms. The predicted octanol–water partition coefficient (Wildman–Crippen LogP) is 18.6. The molecular formula is C74H50N2. The van der Waals surface area contributed by atoms with Gasteiger partial charge in [-0.1, -0.05) is 243 Å². The van der Waals surface area contributed by atoms with Crippen molar-refractivity contribution in [2.75, 3.05) is 4.90 Å². The van der Waals surface area contributed by atoms with Gasteiger partial charge in [0.1, 0.15) is 0 Å². The lowest BCUT2D eigenvalue weighted by Crippen LogP contribution is -2.28. The monoisotopic (exact) mass is 966 g/mol. The van der Waals surface area contributed by atoms with Gasteiger partial charge in [-0.15, -0.1) is 0 Å². The molecule has 356 valence electrons. The van der Waals surface area contributed by atoms with Crippen LogP contribution in [0.15, 0.2) is 303 Å². The highest BCUT2D eigenvalue weighted by molar-refractivity contribution is 6.12. The normalized spacial score (nSPS) is 13.5. The number of aromatic nitrogens is 1. The number of hydrogen-bond donors (Lipinski definition) is 0. The Labute approximate surface area is 443 Å². The van der Waals surface area contributed by atoms with Crippen LogP contribution in [0.5, 0.6) is 0 Å². The zero-order chi connectivity index (χ0) is 50.2. The first-order valence-electron chi connectivity index (χ1n) is 26.4. The summed E-state index contributed by atoms with van der Waals surface area (Å²) < 4.78 is 2.45. The third-order valence-corrected chi connectivity index (χ3v) is 16.5. The minimum absolute atomic E-state index is 0.546. The molecule has 0 atom stereocenters. The molecule has 0 aliphatic heterocycles. The number of rotatable bonds is 9. The van der Waals surface area contributed by atoms with Gasteiger partial charge in [-0.3, -0.25) is 0 Å². The maximum absolute atomic E-state index is 2.51. The molecule has 0 amide bonds. The molecule has 1 heterocycles. The summed E-state index contributed by atoms with van der Waals surface area (Å²) in [5.74, 6) is 0. The van der Waals surface area contributed by atoms with E-state index in [4.69, 9.17) is 0 Å². The summed E-state index contributed by atoms with van der Waals surface area (Å²) in [4.78, 5) is 2.51. The molecule has 15 rings (SSSR count). The summed E-state index contributed by atoms with van der Waals surface area (Å²) in [7, 11) is 0. The first-order valence-corrected chi connectivity index (χ1v) is 26.4. The van der Waals surface area contributed by atoms with Gasteiger partial charge in [-0.05, 0) is 133 Å². The van der Waals surface area contributed by atoms with Crippen LogP contribution in [0.1, 0.15) is 44.5 Å². The Kier molecular flexibility index (Phi) is 10.0. The standard InChI is InChI=1S/C74H50N2/c1-6-23-51(24-7-1)52-41-44-58(45-42-52)75(71-40-22-39-68-72(71)62-35-18-21-38-67(62)73(68,53-25-8-2-9-26-53)54-27-10-3-11-28-54)59-46-48-70-64(50-59)63-49-56(43-47-69(63)76(70)57-31-14-5-15-32-57)74(55-29-12-4-13-30-55)65-36-19-16-33-60(65)61-34-17-20-37-66(61)74/h1-50H. The van der Waals surface area contributed by atoms with Crippen molar-refractivity contribution in [3.05, 3.63) is 348 Å². The molecule has 0 spiro atoms. The topological polar surface area (TPSA) is 8.17 Å². The SMILES string of the molecule is c1ccc(-c2ccc(N(c3ccc4c(c3)c3cc(C5(c6ccccc6)c6ccccc6-c6ccccc65)ccc3n4-c3ccccc3)c3cccc4c3-c3ccccc3C4(c3ccccc3)c3ccccc3)cc2)cc1. The van der Waals surface area contributed by atoms with E-state index >= 15 is 0 Å². The highest BCUT2D eigenvalue weighted by Crippen LogP contribution is 2.60. The van der Waals surface area contributed by atoms with Crippen molar-refractivity contribution in [3.63, 3.8) is 0 Å². The van der Waals surface area contributed by atoms with Crippen molar-refractivity contribution >= 4 is 38.9 Å². The Morgan fingerprint density at radius 3 is 1.28 bits per heavy atom. The van der Waals surface area contributed by atoms with E-state index in [0.717, 1.165) is 33.8 Å². The average Bonchev–Trinajstić information content (AvgIpc) is 4.16. The van der Waals surface area contributed by atoms with Crippen LogP contribution in [0.3, 0.4) is 0 Å². The van der Waals surface area contributed by atoms with Crippen LogP contribution in [0.4, 0.5) is 17.1 Å². The number of nitrogens with zero attached hydrogens (tertiary/aromatic N) is 2. The zero-order valence-corrected chi connectivity index (χ0v) is 41.8. The second-order valence-electron chi connectivity index (χ2n) is 20.3. The van der Waals surface area contributed by atoms with Crippen LogP contribution < -0.4 is 4.90 Å². The summed E-state index contributed by atoms with van der Waals surface area (Å²) in [6.07, 6.45) is 0. The summed E-state index contributed by atoms with van der Waals surface area (Å²) in [5, 5.41) is 2.38. The molecule has 0 unspecified atom stereocenters. The number of anilines is 3. The van der Waals surface area contributed by atoms with Crippen LogP contribution in [-0.4, -0.2) is 4.57 Å². The molecule has 2 aliphatic rings. The average molecular weight is 967 g/mol. The molecule has 76 heavy (non-hydrogen) atoms. The Balaban J connectivity index is 1.02. The van der Waals surface area contributed by atoms with Gasteiger partial charge in [0.15, 0.2) is 0 Å². The van der Waals surface area contributed by atoms with E-state index in [2.05, 4.69) is 313 Å². The van der Waals surface area contributed by atoms with Gasteiger partial charge in [0, 0.05) is 33.4 Å². The van der Waals surface area contributed by atoms with Crippen LogP contribution in [-0.2, 0) is 10.8 Å². The third-order valence-electron chi connectivity index (χ3n) is 16.5. The fourth-order valence-electron chi connectivity index (χ4n) is 13.5. The van der Waals surface area contributed by atoms with Gasteiger partial charge in [0.2, 0.25) is 0 Å². The molecule has 0 saturated heterocycles. The molecule has 2 aliphatic carbocycles. The Morgan fingerprint density at radius 1 is 0.276 bits per heavy atom. The van der Waals surface area contributed by atoms with Crippen molar-refractivity contribution in [2.24, 2.45) is 0 Å². The lowest BCUT2D eigenvalue weighted by Gasteiger charge is -2.34. The van der Waals surface area contributed by atoms with Crippen LogP contribution in [0.25, 0.3) is 60.9 Å². The minimum atomic E-state index is -0.553. The minimum Gasteiger partial charge on any atom is -0.310 e. The first-order chi connectivity index (χ1) is 37.7. The maximum atomic E-state index is 2.51. The zero-order valence-electron chi connectivity index (χ0n) is 41.8. The van der Waals surface area contributed by atoms with E-state index in [0.29, 0.717) is 0 Å². The van der Waals surface area contributed by atoms with E-state index in [1.165, 1.54) is 88.7 Å². The molecule has 13 aromatic rings. The summed E-state index contributed by atoms with van der Waals surface area (Å²) in [6, 6.07) is 113. The van der Waals surface area contributed by atoms with Crippen molar-refractivity contribution in [2.45, 2.75) is 10.8 Å². The van der Waals surface area contributed by atoms with Crippen molar-refractivity contribution in [3.8, 4) is 39.1 Å². The van der Waals surface area contributed by atoms with Crippen LogP contribution in [0.2, 0.25) is 0 Å². The number of benzene rings is 12. The van der Waals surface area contributed by atoms with E-state index in [9.17, 15) is 0 Å². The Bertz CT molecular complexity index is 4230. The van der Waals surface area contributed by atoms with Gasteiger partial charge < -0.3 is 9.47 Å². The lowest BCUT2D eigenvalue weighted by atomic mass is 9.67. The fourth-order valence-corrected chi connectivity index (χ4v) is 13.5. The van der Waals surface area contributed by atoms with Crippen molar-refractivity contribution in [1.82, 2.24) is 4.57 Å². The largest absolute Gasteiger partial charge is 0.310 e. The summed E-state index contributed by atoms with van der Waals surface area (Å²) in [5.41, 5.74) is 23.2. The van der Waals surface area contributed by atoms with Gasteiger partial charge in [0.05, 0.1) is 27.6 Å². The highest BCUT2D eigenvalue weighted by atomic mass is 15.1. The predicted molar refractivity (Wildman–Crippen MR) is 316 cm³/mol. The van der Waals surface area contributed by atoms with E-state index in [1.54, 1.807) is 0 Å². The lowest BCUT2D eigenvalue weighted by molar-refractivity contribution is 0.768. The Morgan fingerprint density at radius 2 is 0.697 bits per heavy atom. The first kappa shape index (κ1) is 43.8. The fraction of sp³-hybridized carbons (Fsp3) is 0.0270. The van der Waals surface area contributed by atoms with Crippen molar-refractivity contribution < 1.29 is 0 Å². The van der Waals surface area contributed by atoms with Crippen molar-refractivity contribution in [1.29, 1.82) is 0 Å². The van der Waals surface area contributed by atoms with Gasteiger partial charge in [-0.2, -0.15) is 0 Å². The van der Waals surface area contributed by atoms with E-state index < -0.39 is 10.8 Å². The quantitative estimate of drug-likeness (QED) is 0.140. The van der Waals surface area contributed by atoms with Gasteiger partial charge in [-0.25, -0.2) is 0 Å². The third kappa shape index (κ3) is 6.34. The maximum Gasteiger partial charge on any atom is 0.0714 e. The second kappa shape index (κ2) is 17.4. The van der Waals surface area contributed by atoms with E-state index in [1.807, 2.05) is 0 Å². The highest BCUT2D eigenvalue weighted by Gasteiger charge is 2.48. The summed E-state index contributed by atoms with van der Waals surface area (Å²) in [6.45, 7) is 0. The molecular weight excluding hydrogens is 917 g/mol. The molecule has 0 N–H and O–H groups in total. The smallest absolute Gasteiger partial charge is 0.0714 e. The molecule has 0 radical (unpaired) electrons. The molecule has 0 fully saturated rings. The molecule has 12 aromatic carbocycles. The number of hydrogen-bond acceptors (Lipinski definition) is 1. The van der Waals surface area contributed by atoms with Gasteiger partial charge in [0.25, 0.3) is 0 Å². The van der Waals surface area contributed by atoms with E-state index in [-0.39, 0.29) is 0 Å². The van der Waals surface area contributed by atoms with Crippen LogP contribution >= 0.6 is 0 Å². The molecule has 0 saturated carbocycles. The molecule has 1 aromatic heterocycles. The Hall–Kier alpha value is -9.76. The molecule has 2 nitrogen and oxygen atoms in total. The number of para-hydroxylation sites is 1.